The minimum absolute atomic E-state index is 0.0737. The lowest BCUT2D eigenvalue weighted by Gasteiger charge is -2.37. The Labute approximate surface area is 142 Å². The van der Waals surface area contributed by atoms with Gasteiger partial charge in [0.2, 0.25) is 11.8 Å². The molecule has 132 valence electrons. The Hall–Kier alpha value is -1.93. The van der Waals surface area contributed by atoms with E-state index in [9.17, 15) is 18.0 Å². The highest BCUT2D eigenvalue weighted by atomic mass is 32.2. The lowest BCUT2D eigenvalue weighted by atomic mass is 10.1. The second kappa shape index (κ2) is 7.76. The summed E-state index contributed by atoms with van der Waals surface area (Å²) >= 11 is 0. The molecule has 1 aliphatic heterocycles. The molecule has 1 fully saturated rings. The van der Waals surface area contributed by atoms with E-state index in [2.05, 4.69) is 0 Å². The maximum absolute atomic E-state index is 12.3. The van der Waals surface area contributed by atoms with Gasteiger partial charge in [-0.15, -0.1) is 0 Å². The summed E-state index contributed by atoms with van der Waals surface area (Å²) < 4.78 is 24.4. The van der Waals surface area contributed by atoms with Crippen molar-refractivity contribution in [2.24, 2.45) is 5.73 Å². The Morgan fingerprint density at radius 3 is 2.50 bits per heavy atom. The number of nitrogens with zero attached hydrogens (tertiary/aromatic N) is 2. The summed E-state index contributed by atoms with van der Waals surface area (Å²) in [7, 11) is -1.58. The maximum atomic E-state index is 12.3. The third-order valence-electron chi connectivity index (χ3n) is 4.24. The van der Waals surface area contributed by atoms with Crippen molar-refractivity contribution in [3.63, 3.8) is 0 Å². The van der Waals surface area contributed by atoms with Gasteiger partial charge in [0.1, 0.15) is 6.04 Å². The minimum Gasteiger partial charge on any atom is -0.368 e. The molecule has 2 rings (SSSR count). The Morgan fingerprint density at radius 1 is 1.21 bits per heavy atom. The molecule has 7 nitrogen and oxygen atoms in total. The molecule has 1 heterocycles. The molecular weight excluding hydrogens is 330 g/mol. The lowest BCUT2D eigenvalue weighted by molar-refractivity contribution is -0.136. The molecule has 1 aromatic carbocycles. The average Bonchev–Trinajstić information content (AvgIpc) is 2.55. The van der Waals surface area contributed by atoms with E-state index in [1.807, 2.05) is 4.90 Å². The fourth-order valence-corrected chi connectivity index (χ4v) is 4.06. The first-order valence-corrected chi connectivity index (χ1v) is 9.51. The summed E-state index contributed by atoms with van der Waals surface area (Å²) in [5.41, 5.74) is 5.34. The standard InChI is InChI=1S/C16H23N3O4S/c1-18-9-10-19(12-14(18)16(17)21)15(20)8-5-11-24(22,23)13-6-3-2-4-7-13/h2-4,6-7,14H,5,8-12H2,1H3,(H2,17,21)/t14-/m1/s1. The number of primary amides is 1. The molecule has 1 saturated heterocycles. The number of carbonyl (C=O) groups excluding carboxylic acids is 2. The Kier molecular flexibility index (Phi) is 5.95. The third kappa shape index (κ3) is 4.55. The topological polar surface area (TPSA) is 101 Å². The molecular formula is C16H23N3O4S. The molecule has 8 heteroatoms. The maximum Gasteiger partial charge on any atom is 0.236 e. The van der Waals surface area contributed by atoms with Gasteiger partial charge in [-0.2, -0.15) is 0 Å². The molecule has 0 spiro atoms. The molecule has 0 radical (unpaired) electrons. The summed E-state index contributed by atoms with van der Waals surface area (Å²) in [6, 6.07) is 7.71. The molecule has 0 saturated carbocycles. The van der Waals surface area contributed by atoms with Gasteiger partial charge in [-0.05, 0) is 25.6 Å². The molecule has 1 atom stereocenters. The first-order valence-electron chi connectivity index (χ1n) is 7.86. The van der Waals surface area contributed by atoms with Crippen LogP contribution in [0.5, 0.6) is 0 Å². The van der Waals surface area contributed by atoms with Crippen molar-refractivity contribution < 1.29 is 18.0 Å². The predicted molar refractivity (Wildman–Crippen MR) is 89.9 cm³/mol. The number of hydrogen-bond donors (Lipinski definition) is 1. The molecule has 0 unspecified atom stereocenters. The van der Waals surface area contributed by atoms with Crippen molar-refractivity contribution >= 4 is 21.7 Å². The van der Waals surface area contributed by atoms with Crippen LogP contribution in [0, 0.1) is 0 Å². The number of piperazine rings is 1. The van der Waals surface area contributed by atoms with Crippen molar-refractivity contribution in [2.75, 3.05) is 32.4 Å². The largest absolute Gasteiger partial charge is 0.368 e. The smallest absolute Gasteiger partial charge is 0.236 e. The van der Waals surface area contributed by atoms with Crippen LogP contribution in [0.4, 0.5) is 0 Å². The van der Waals surface area contributed by atoms with Crippen LogP contribution in [0.2, 0.25) is 0 Å². The Bertz CT molecular complexity index is 691. The molecule has 24 heavy (non-hydrogen) atoms. The number of carbonyl (C=O) groups is 2. The number of nitrogens with two attached hydrogens (primary N) is 1. The van der Waals surface area contributed by atoms with Crippen LogP contribution in [-0.2, 0) is 19.4 Å². The quantitative estimate of drug-likeness (QED) is 0.768. The molecule has 1 aromatic rings. The van der Waals surface area contributed by atoms with Crippen molar-refractivity contribution in [2.45, 2.75) is 23.8 Å². The summed E-state index contributed by atoms with van der Waals surface area (Å²) in [5, 5.41) is 0. The highest BCUT2D eigenvalue weighted by Crippen LogP contribution is 2.14. The first-order chi connectivity index (χ1) is 11.3. The lowest BCUT2D eigenvalue weighted by Crippen LogP contribution is -2.57. The van der Waals surface area contributed by atoms with E-state index in [0.717, 1.165) is 0 Å². The van der Waals surface area contributed by atoms with Crippen molar-refractivity contribution in [3.05, 3.63) is 30.3 Å². The van der Waals surface area contributed by atoms with E-state index in [4.69, 9.17) is 5.73 Å². The summed E-state index contributed by atoms with van der Waals surface area (Å²) in [5.74, 6) is -0.672. The summed E-state index contributed by atoms with van der Waals surface area (Å²) in [6.07, 6.45) is 0.394. The number of sulfone groups is 1. The van der Waals surface area contributed by atoms with E-state index in [1.54, 1.807) is 42.3 Å². The van der Waals surface area contributed by atoms with Crippen LogP contribution in [0.1, 0.15) is 12.8 Å². The normalized spacial score (nSPS) is 19.2. The molecule has 2 N–H and O–H groups in total. The van der Waals surface area contributed by atoms with Gasteiger partial charge >= 0.3 is 0 Å². The second-order valence-corrected chi connectivity index (χ2v) is 8.08. The number of hydrogen-bond acceptors (Lipinski definition) is 5. The molecule has 1 aliphatic rings. The fraction of sp³-hybridized carbons (Fsp3) is 0.500. The molecule has 0 aliphatic carbocycles. The van der Waals surface area contributed by atoms with Crippen LogP contribution < -0.4 is 5.73 Å². The summed E-state index contributed by atoms with van der Waals surface area (Å²) in [4.78, 5) is 27.3. The van der Waals surface area contributed by atoms with E-state index in [-0.39, 0.29) is 35.9 Å². The SMILES string of the molecule is CN1CCN(C(=O)CCCS(=O)(=O)c2ccccc2)C[C@@H]1C(N)=O. The summed E-state index contributed by atoms with van der Waals surface area (Å²) in [6.45, 7) is 1.35. The van der Waals surface area contributed by atoms with E-state index in [0.29, 0.717) is 13.1 Å². The van der Waals surface area contributed by atoms with Crippen LogP contribution in [0.25, 0.3) is 0 Å². The zero-order valence-electron chi connectivity index (χ0n) is 13.7. The van der Waals surface area contributed by atoms with Crippen molar-refractivity contribution in [1.29, 1.82) is 0 Å². The van der Waals surface area contributed by atoms with Gasteiger partial charge in [0.15, 0.2) is 9.84 Å². The number of likely N-dealkylation sites (N-methyl/N-ethyl adjacent to an activating group) is 1. The highest BCUT2D eigenvalue weighted by molar-refractivity contribution is 7.91. The van der Waals surface area contributed by atoms with Gasteiger partial charge in [0.05, 0.1) is 10.6 Å². The van der Waals surface area contributed by atoms with Gasteiger partial charge in [-0.25, -0.2) is 8.42 Å². The van der Waals surface area contributed by atoms with Crippen molar-refractivity contribution in [1.82, 2.24) is 9.80 Å². The molecule has 2 amide bonds. The van der Waals surface area contributed by atoms with Crippen LogP contribution in [-0.4, -0.2) is 68.5 Å². The Balaban J connectivity index is 1.86. The van der Waals surface area contributed by atoms with Gasteiger partial charge in [-0.3, -0.25) is 14.5 Å². The Morgan fingerprint density at radius 2 is 1.88 bits per heavy atom. The van der Waals surface area contributed by atoms with E-state index >= 15 is 0 Å². The monoisotopic (exact) mass is 353 g/mol. The third-order valence-corrected chi connectivity index (χ3v) is 6.05. The fourth-order valence-electron chi connectivity index (χ4n) is 2.72. The molecule has 0 bridgehead atoms. The van der Waals surface area contributed by atoms with Crippen LogP contribution in [0.15, 0.2) is 35.2 Å². The van der Waals surface area contributed by atoms with Gasteiger partial charge < -0.3 is 10.6 Å². The van der Waals surface area contributed by atoms with Gasteiger partial charge in [0, 0.05) is 26.1 Å². The van der Waals surface area contributed by atoms with Gasteiger partial charge in [-0.1, -0.05) is 18.2 Å². The number of rotatable bonds is 6. The van der Waals surface area contributed by atoms with E-state index < -0.39 is 21.8 Å². The van der Waals surface area contributed by atoms with Gasteiger partial charge in [0.25, 0.3) is 0 Å². The molecule has 0 aromatic heterocycles. The zero-order valence-corrected chi connectivity index (χ0v) is 14.5. The number of amides is 2. The number of benzene rings is 1. The zero-order chi connectivity index (χ0) is 17.7. The highest BCUT2D eigenvalue weighted by Gasteiger charge is 2.30. The predicted octanol–water partition coefficient (Wildman–Crippen LogP) is -0.132. The average molecular weight is 353 g/mol. The van der Waals surface area contributed by atoms with Crippen molar-refractivity contribution in [3.8, 4) is 0 Å². The van der Waals surface area contributed by atoms with Crippen LogP contribution >= 0.6 is 0 Å². The first kappa shape index (κ1) is 18.4. The van der Waals surface area contributed by atoms with E-state index in [1.165, 1.54) is 0 Å². The second-order valence-electron chi connectivity index (χ2n) is 5.97. The van der Waals surface area contributed by atoms with Crippen LogP contribution in [0.3, 0.4) is 0 Å². The minimum atomic E-state index is -3.37.